The van der Waals surface area contributed by atoms with Crippen LogP contribution in [0.5, 0.6) is 0 Å². The fraction of sp³-hybridized carbons (Fsp3) is 0.950. The lowest BCUT2D eigenvalue weighted by Gasteiger charge is -2.21. The Bertz CT molecular complexity index is 1940. The topological polar surface area (TPSA) is 237 Å². The molecule has 0 aliphatic heterocycles. The van der Waals surface area contributed by atoms with Crippen LogP contribution < -0.4 is 0 Å². The van der Waals surface area contributed by atoms with Crippen LogP contribution in [-0.4, -0.2) is 96.7 Å². The van der Waals surface area contributed by atoms with Crippen LogP contribution in [-0.2, 0) is 65.4 Å². The van der Waals surface area contributed by atoms with E-state index in [1.165, 1.54) is 205 Å². The van der Waals surface area contributed by atoms with Crippen LogP contribution >= 0.6 is 15.6 Å². The van der Waals surface area contributed by atoms with Crippen molar-refractivity contribution in [3.05, 3.63) is 0 Å². The van der Waals surface area contributed by atoms with E-state index in [1.807, 2.05) is 0 Å². The molecule has 588 valence electrons. The maximum Gasteiger partial charge on any atom is 0.472 e. The number of hydrogen-bond acceptors (Lipinski definition) is 15. The summed E-state index contributed by atoms with van der Waals surface area (Å²) in [5, 5.41) is 10.6. The number of phosphoric acid groups is 2. The van der Waals surface area contributed by atoms with E-state index in [9.17, 15) is 43.2 Å². The summed E-state index contributed by atoms with van der Waals surface area (Å²) in [6.07, 6.45) is 55.9. The minimum absolute atomic E-state index is 0.103. The fourth-order valence-corrected chi connectivity index (χ4v) is 13.8. The number of aliphatic hydroxyl groups excluding tert-OH is 1. The van der Waals surface area contributed by atoms with Gasteiger partial charge >= 0.3 is 39.5 Å². The van der Waals surface area contributed by atoms with Gasteiger partial charge < -0.3 is 33.8 Å². The number of phosphoric ester groups is 2. The van der Waals surface area contributed by atoms with Crippen LogP contribution in [0.15, 0.2) is 0 Å². The van der Waals surface area contributed by atoms with E-state index in [0.29, 0.717) is 37.5 Å². The van der Waals surface area contributed by atoms with E-state index in [1.54, 1.807) is 0 Å². The van der Waals surface area contributed by atoms with Gasteiger partial charge in [0.15, 0.2) is 12.2 Å². The molecule has 0 aromatic rings. The first-order chi connectivity index (χ1) is 47.6. The van der Waals surface area contributed by atoms with Crippen LogP contribution in [0.2, 0.25) is 0 Å². The van der Waals surface area contributed by atoms with Crippen LogP contribution in [0.3, 0.4) is 0 Å². The predicted octanol–water partition coefficient (Wildman–Crippen LogP) is 23.6. The second-order valence-electron chi connectivity index (χ2n) is 30.7. The minimum atomic E-state index is -4.96. The molecule has 19 heteroatoms. The van der Waals surface area contributed by atoms with Crippen LogP contribution in [0, 0.1) is 23.7 Å². The van der Waals surface area contributed by atoms with Gasteiger partial charge in [0.25, 0.3) is 0 Å². The Hall–Kier alpha value is -1.94. The average Bonchev–Trinajstić information content (AvgIpc) is 0.962. The summed E-state index contributed by atoms with van der Waals surface area (Å²) >= 11 is 0. The lowest BCUT2D eigenvalue weighted by atomic mass is 10.0. The summed E-state index contributed by atoms with van der Waals surface area (Å²) in [4.78, 5) is 72.9. The third kappa shape index (κ3) is 74.1. The van der Waals surface area contributed by atoms with Gasteiger partial charge in [0.05, 0.1) is 26.4 Å². The molecule has 0 spiro atoms. The monoisotopic (exact) mass is 1450 g/mol. The number of rotatable bonds is 77. The van der Waals surface area contributed by atoms with Gasteiger partial charge in [-0.15, -0.1) is 0 Å². The quantitative estimate of drug-likeness (QED) is 0.0222. The van der Waals surface area contributed by atoms with Crippen molar-refractivity contribution < 1.29 is 80.2 Å². The lowest BCUT2D eigenvalue weighted by Crippen LogP contribution is -2.30. The van der Waals surface area contributed by atoms with E-state index in [-0.39, 0.29) is 25.7 Å². The second-order valence-corrected chi connectivity index (χ2v) is 33.6. The molecule has 0 radical (unpaired) electrons. The number of hydrogen-bond donors (Lipinski definition) is 3. The first kappa shape index (κ1) is 97.1. The van der Waals surface area contributed by atoms with Crippen LogP contribution in [0.4, 0.5) is 0 Å². The summed E-state index contributed by atoms with van der Waals surface area (Å²) in [5.41, 5.74) is 0. The number of unbranched alkanes of at least 4 members (excludes halogenated alkanes) is 43. The van der Waals surface area contributed by atoms with Gasteiger partial charge in [-0.2, -0.15) is 0 Å². The third-order valence-electron chi connectivity index (χ3n) is 18.6. The Morgan fingerprint density at radius 1 is 0.253 bits per heavy atom. The van der Waals surface area contributed by atoms with Crippen LogP contribution in [0.1, 0.15) is 409 Å². The maximum absolute atomic E-state index is 13.1. The molecule has 0 rings (SSSR count). The van der Waals surface area contributed by atoms with Crippen molar-refractivity contribution in [2.75, 3.05) is 39.6 Å². The van der Waals surface area contributed by atoms with E-state index < -0.39 is 97.5 Å². The van der Waals surface area contributed by atoms with Crippen molar-refractivity contribution in [1.82, 2.24) is 0 Å². The number of carbonyl (C=O) groups is 4. The molecule has 99 heavy (non-hydrogen) atoms. The van der Waals surface area contributed by atoms with Gasteiger partial charge in [-0.3, -0.25) is 37.3 Å². The molecule has 3 unspecified atom stereocenters. The second kappa shape index (κ2) is 69.1. The Kier molecular flexibility index (Phi) is 67.8. The molecule has 0 aromatic heterocycles. The SMILES string of the molecule is CC(C)CCCCCCCCCCCCCCCCCCCCC(=O)OC[C@H](COP(=O)(O)OCC(O)COP(=O)(O)OC[C@@H](COC(=O)CCCCCCCCCC(C)C)OC(=O)CCCCCCCCCC(C)C)OC(=O)CCCCCCCCCCCCCCCCCC(C)C. The molecule has 0 aromatic carbocycles. The van der Waals surface area contributed by atoms with E-state index >= 15 is 0 Å². The summed E-state index contributed by atoms with van der Waals surface area (Å²) in [6.45, 7) is 14.2. The highest BCUT2D eigenvalue weighted by atomic mass is 31.2. The van der Waals surface area contributed by atoms with Gasteiger partial charge in [-0.25, -0.2) is 9.13 Å². The molecule has 0 saturated carbocycles. The summed E-state index contributed by atoms with van der Waals surface area (Å²) in [5.74, 6) is 0.907. The number of ether oxygens (including phenoxy) is 4. The van der Waals surface area contributed by atoms with Crippen molar-refractivity contribution in [3.63, 3.8) is 0 Å². The Morgan fingerprint density at radius 2 is 0.424 bits per heavy atom. The van der Waals surface area contributed by atoms with Crippen molar-refractivity contribution in [2.45, 2.75) is 427 Å². The zero-order chi connectivity index (χ0) is 73.1. The Labute approximate surface area is 607 Å². The standard InChI is InChI=1S/C80H156O17P2/c1-70(2)56-48-40-32-26-22-18-14-11-9-10-12-16-20-24-28-36-44-52-60-77(82)90-66-75(96-79(84)62-54-46-37-29-25-21-17-13-15-19-23-27-33-41-49-57-71(3)4)68-94-98(86,87)92-64-74(81)65-93-99(88,89)95-69-76(97-80(85)63-55-47-39-31-35-43-51-59-73(7)8)67-91-78(83)61-53-45-38-30-34-42-50-58-72(5)6/h70-76,81H,9-69H2,1-8H3,(H,86,87)(H,88,89)/t74?,75-,76-/m1/s1. The highest BCUT2D eigenvalue weighted by molar-refractivity contribution is 7.47. The van der Waals surface area contributed by atoms with Gasteiger partial charge in [-0.05, 0) is 49.4 Å². The first-order valence-electron chi connectivity index (χ1n) is 41.2. The molecule has 0 aliphatic rings. The molecule has 0 aliphatic carbocycles. The lowest BCUT2D eigenvalue weighted by molar-refractivity contribution is -0.161. The number of aliphatic hydroxyl groups is 1. The molecule has 17 nitrogen and oxygen atoms in total. The first-order valence-corrected chi connectivity index (χ1v) is 44.2. The van der Waals surface area contributed by atoms with E-state index in [0.717, 1.165) is 108 Å². The zero-order valence-electron chi connectivity index (χ0n) is 65.1. The molecular formula is C80H156O17P2. The normalized spacial score (nSPS) is 14.1. The van der Waals surface area contributed by atoms with Crippen molar-refractivity contribution in [2.24, 2.45) is 23.7 Å². The molecule has 0 saturated heterocycles. The molecule has 0 heterocycles. The zero-order valence-corrected chi connectivity index (χ0v) is 66.9. The average molecular weight is 1450 g/mol. The number of carbonyl (C=O) groups excluding carboxylic acids is 4. The smallest absolute Gasteiger partial charge is 0.462 e. The summed E-state index contributed by atoms with van der Waals surface area (Å²) < 4.78 is 68.6. The molecule has 0 fully saturated rings. The molecule has 0 bridgehead atoms. The number of esters is 4. The fourth-order valence-electron chi connectivity index (χ4n) is 12.3. The molecular weight excluding hydrogens is 1290 g/mol. The van der Waals surface area contributed by atoms with Gasteiger partial charge in [0.2, 0.25) is 0 Å². The summed E-state index contributed by atoms with van der Waals surface area (Å²) in [6, 6.07) is 0. The van der Waals surface area contributed by atoms with Gasteiger partial charge in [0, 0.05) is 25.7 Å². The molecule has 5 atom stereocenters. The van der Waals surface area contributed by atoms with E-state index in [4.69, 9.17) is 37.0 Å². The predicted molar refractivity (Wildman–Crippen MR) is 404 cm³/mol. The van der Waals surface area contributed by atoms with Gasteiger partial charge in [0.1, 0.15) is 19.3 Å². The highest BCUT2D eigenvalue weighted by Gasteiger charge is 2.30. The van der Waals surface area contributed by atoms with E-state index in [2.05, 4.69) is 55.4 Å². The Balaban J connectivity index is 5.19. The van der Waals surface area contributed by atoms with Gasteiger partial charge in [-0.1, -0.05) is 357 Å². The van der Waals surface area contributed by atoms with Crippen LogP contribution in [0.25, 0.3) is 0 Å². The van der Waals surface area contributed by atoms with Crippen molar-refractivity contribution in [3.8, 4) is 0 Å². The van der Waals surface area contributed by atoms with Crippen molar-refractivity contribution >= 4 is 39.5 Å². The van der Waals surface area contributed by atoms with Crippen molar-refractivity contribution in [1.29, 1.82) is 0 Å². The highest BCUT2D eigenvalue weighted by Crippen LogP contribution is 2.45. The molecule has 0 amide bonds. The summed E-state index contributed by atoms with van der Waals surface area (Å²) in [7, 11) is -9.92. The largest absolute Gasteiger partial charge is 0.472 e. The third-order valence-corrected chi connectivity index (χ3v) is 20.5. The Morgan fingerprint density at radius 3 is 0.626 bits per heavy atom. The maximum atomic E-state index is 13.1. The molecule has 3 N–H and O–H groups in total. The minimum Gasteiger partial charge on any atom is -0.462 e.